The average molecular weight is 701 g/mol. The number of nitrogens with two attached hydrogens (primary N) is 2. The summed E-state index contributed by atoms with van der Waals surface area (Å²) in [5, 5.41) is 3.12. The van der Waals surface area contributed by atoms with Crippen molar-refractivity contribution in [3.8, 4) is 11.5 Å². The van der Waals surface area contributed by atoms with E-state index in [1.807, 2.05) is 36.4 Å². The van der Waals surface area contributed by atoms with Crippen LogP contribution in [0.2, 0.25) is 0 Å². The molecule has 0 unspecified atom stereocenters. The number of nitrogens with zero attached hydrogens (tertiary/aromatic N) is 4. The molecule has 0 saturated carbocycles. The van der Waals surface area contributed by atoms with Crippen molar-refractivity contribution in [2.75, 3.05) is 77.2 Å². The number of fused-ring (bicyclic) bond motifs is 2. The molecule has 0 spiro atoms. The third-order valence-corrected chi connectivity index (χ3v) is 10.0. The first-order valence-electron chi connectivity index (χ1n) is 17.2. The molecule has 4 N–H and O–H groups in total. The third kappa shape index (κ3) is 6.38. The molecule has 1 fully saturated rings. The third-order valence-electron chi connectivity index (χ3n) is 10.0. The molecule has 0 aromatic heterocycles. The molecule has 2 heterocycles. The van der Waals surface area contributed by atoms with Crippen LogP contribution in [0, 0.1) is 0 Å². The average Bonchev–Trinajstić information content (AvgIpc) is 3.16. The number of carbonyl (C=O) groups excluding carboxylic acids is 4. The summed E-state index contributed by atoms with van der Waals surface area (Å²) in [5.74, 6) is -0.628. The smallest absolute Gasteiger partial charge is 0.262 e. The highest BCUT2D eigenvalue weighted by atomic mass is 16.5. The van der Waals surface area contributed by atoms with Crippen LogP contribution in [-0.2, 0) is 0 Å². The number of anilines is 2. The lowest BCUT2D eigenvalue weighted by Gasteiger charge is -2.37. The Morgan fingerprint density at radius 2 is 1.48 bits per heavy atom. The summed E-state index contributed by atoms with van der Waals surface area (Å²) in [6.45, 7) is 4.73. The zero-order valence-electron chi connectivity index (χ0n) is 29.1. The lowest BCUT2D eigenvalue weighted by atomic mass is 9.89. The Morgan fingerprint density at radius 1 is 0.750 bits per heavy atom. The Kier molecular flexibility index (Phi) is 9.50. The zero-order valence-corrected chi connectivity index (χ0v) is 29.1. The minimum Gasteiger partial charge on any atom is -0.496 e. The lowest BCUT2D eigenvalue weighted by molar-refractivity contribution is 0.0573. The van der Waals surface area contributed by atoms with Gasteiger partial charge in [-0.2, -0.15) is 0 Å². The fourth-order valence-electron chi connectivity index (χ4n) is 7.23. The van der Waals surface area contributed by atoms with Crippen LogP contribution in [0.1, 0.15) is 41.4 Å². The van der Waals surface area contributed by atoms with Crippen molar-refractivity contribution in [2.45, 2.75) is 0 Å². The van der Waals surface area contributed by atoms with Gasteiger partial charge < -0.3 is 25.8 Å². The normalized spacial score (nSPS) is 14.9. The summed E-state index contributed by atoms with van der Waals surface area (Å²) in [4.78, 5) is 61.1. The second-order valence-electron chi connectivity index (χ2n) is 13.0. The van der Waals surface area contributed by atoms with Gasteiger partial charge in [0, 0.05) is 85.6 Å². The number of piperazine rings is 1. The van der Waals surface area contributed by atoms with Gasteiger partial charge in [-0.3, -0.25) is 33.9 Å². The van der Waals surface area contributed by atoms with Crippen LogP contribution in [0.25, 0.3) is 21.5 Å². The van der Waals surface area contributed by atoms with Gasteiger partial charge in [-0.25, -0.2) is 0 Å². The fraction of sp³-hybridized carbons (Fsp3) is 0.250. The van der Waals surface area contributed by atoms with E-state index in [4.69, 9.17) is 20.9 Å². The number of benzene rings is 5. The molecular weight excluding hydrogens is 660 g/mol. The Hall–Kier alpha value is -5.98. The molecule has 1 saturated heterocycles. The molecule has 12 nitrogen and oxygen atoms in total. The van der Waals surface area contributed by atoms with Crippen LogP contribution >= 0.6 is 0 Å². The van der Waals surface area contributed by atoms with E-state index in [-0.39, 0.29) is 35.6 Å². The van der Waals surface area contributed by atoms with Crippen molar-refractivity contribution in [2.24, 2.45) is 5.73 Å². The van der Waals surface area contributed by atoms with E-state index < -0.39 is 5.91 Å². The first-order valence-corrected chi connectivity index (χ1v) is 17.2. The number of imide groups is 1. The molecule has 12 heteroatoms. The molecule has 0 bridgehead atoms. The quantitative estimate of drug-likeness (QED) is 0.117. The first-order chi connectivity index (χ1) is 25.2. The summed E-state index contributed by atoms with van der Waals surface area (Å²) in [6, 6.07) is 24.9. The summed E-state index contributed by atoms with van der Waals surface area (Å²) >= 11 is 0. The SMILES string of the molecule is COc1cc(C(N)=O)ccc1C(=O)N(CCN1CCN(CCN2C(=O)c3ccc(OC)c4cc5ccccc5c(c34)C2=O)CC1)c1cccc(N)c1. The Bertz CT molecular complexity index is 2230. The summed E-state index contributed by atoms with van der Waals surface area (Å²) < 4.78 is 11.1. The van der Waals surface area contributed by atoms with Crippen LogP contribution < -0.4 is 25.8 Å². The van der Waals surface area contributed by atoms with Gasteiger partial charge in [0.2, 0.25) is 5.91 Å². The maximum absolute atomic E-state index is 14.1. The fourth-order valence-corrected chi connectivity index (χ4v) is 7.23. The maximum atomic E-state index is 14.1. The van der Waals surface area contributed by atoms with Crippen molar-refractivity contribution in [1.82, 2.24) is 14.7 Å². The number of rotatable bonds is 11. The first kappa shape index (κ1) is 34.5. The predicted molar refractivity (Wildman–Crippen MR) is 200 cm³/mol. The van der Waals surface area contributed by atoms with Crippen molar-refractivity contribution in [3.05, 3.63) is 107 Å². The Labute approximate surface area is 301 Å². The van der Waals surface area contributed by atoms with E-state index in [0.717, 1.165) is 42.3 Å². The summed E-state index contributed by atoms with van der Waals surface area (Å²) in [5.41, 5.74) is 14.3. The lowest BCUT2D eigenvalue weighted by Crippen LogP contribution is -2.51. The summed E-state index contributed by atoms with van der Waals surface area (Å²) in [7, 11) is 3.03. The molecule has 5 aromatic carbocycles. The number of carbonyl (C=O) groups is 4. The van der Waals surface area contributed by atoms with Crippen LogP contribution in [0.4, 0.5) is 11.4 Å². The van der Waals surface area contributed by atoms with Crippen molar-refractivity contribution in [1.29, 1.82) is 0 Å². The van der Waals surface area contributed by atoms with E-state index in [1.165, 1.54) is 24.1 Å². The number of primary amides is 1. The van der Waals surface area contributed by atoms with Gasteiger partial charge >= 0.3 is 0 Å². The van der Waals surface area contributed by atoms with Crippen LogP contribution in [0.3, 0.4) is 0 Å². The Balaban J connectivity index is 1.02. The van der Waals surface area contributed by atoms with Crippen LogP contribution in [0.5, 0.6) is 11.5 Å². The highest BCUT2D eigenvalue weighted by molar-refractivity contribution is 6.31. The number of methoxy groups -OCH3 is 2. The zero-order chi connectivity index (χ0) is 36.5. The largest absolute Gasteiger partial charge is 0.496 e. The number of ether oxygens (including phenoxy) is 2. The van der Waals surface area contributed by atoms with Gasteiger partial charge in [0.15, 0.2) is 0 Å². The molecule has 7 rings (SSSR count). The van der Waals surface area contributed by atoms with Gasteiger partial charge in [0.05, 0.1) is 25.3 Å². The van der Waals surface area contributed by atoms with E-state index in [0.29, 0.717) is 58.8 Å². The molecule has 0 atom stereocenters. The molecule has 0 radical (unpaired) electrons. The van der Waals surface area contributed by atoms with Gasteiger partial charge in [-0.1, -0.05) is 30.3 Å². The number of amides is 4. The molecule has 5 aromatic rings. The van der Waals surface area contributed by atoms with E-state index in [2.05, 4.69) is 9.80 Å². The van der Waals surface area contributed by atoms with Gasteiger partial charge in [-0.05, 0) is 65.4 Å². The minimum absolute atomic E-state index is 0.243. The van der Waals surface area contributed by atoms with Gasteiger partial charge in [-0.15, -0.1) is 0 Å². The van der Waals surface area contributed by atoms with Crippen LogP contribution in [-0.4, -0.2) is 105 Å². The standard InChI is InChI=1S/C40H40N6O6/c1-51-33-13-12-31-35-32(33)22-25-6-3-4-9-29(25)36(35)40(50)46(39(31)49)21-19-44-16-14-43(15-17-44)18-20-45(28-8-5-7-27(41)24-28)38(48)30-11-10-26(37(42)47)23-34(30)52-2/h3-13,22-24H,14-21,41H2,1-2H3,(H2,42,47). The monoisotopic (exact) mass is 700 g/mol. The van der Waals surface area contributed by atoms with Crippen molar-refractivity contribution < 1.29 is 28.7 Å². The summed E-state index contributed by atoms with van der Waals surface area (Å²) in [6.07, 6.45) is 0. The van der Waals surface area contributed by atoms with E-state index in [1.54, 1.807) is 48.4 Å². The number of hydrogen-bond acceptors (Lipinski definition) is 9. The molecule has 266 valence electrons. The predicted octanol–water partition coefficient (Wildman–Crippen LogP) is 4.25. The molecule has 4 amide bonds. The molecular formula is C40H40N6O6. The van der Waals surface area contributed by atoms with Crippen molar-refractivity contribution >= 4 is 56.5 Å². The molecule has 0 aliphatic carbocycles. The molecule has 2 aliphatic rings. The van der Waals surface area contributed by atoms with Gasteiger partial charge in [0.25, 0.3) is 17.7 Å². The number of hydrogen-bond donors (Lipinski definition) is 2. The number of nitrogen functional groups attached to an aromatic ring is 1. The molecule has 2 aliphatic heterocycles. The second-order valence-corrected chi connectivity index (χ2v) is 13.0. The van der Waals surface area contributed by atoms with E-state index in [9.17, 15) is 19.2 Å². The van der Waals surface area contributed by atoms with Crippen LogP contribution in [0.15, 0.2) is 84.9 Å². The van der Waals surface area contributed by atoms with E-state index >= 15 is 0 Å². The maximum Gasteiger partial charge on any atom is 0.262 e. The second kappa shape index (κ2) is 14.3. The van der Waals surface area contributed by atoms with Crippen molar-refractivity contribution in [3.63, 3.8) is 0 Å². The van der Waals surface area contributed by atoms with Gasteiger partial charge in [0.1, 0.15) is 11.5 Å². The molecule has 52 heavy (non-hydrogen) atoms. The highest BCUT2D eigenvalue weighted by Gasteiger charge is 2.35. The highest BCUT2D eigenvalue weighted by Crippen LogP contribution is 2.39. The Morgan fingerprint density at radius 3 is 2.19 bits per heavy atom. The topological polar surface area (TPSA) is 152 Å². The minimum atomic E-state index is -0.615.